The molecule has 0 bridgehead atoms. The van der Waals surface area contributed by atoms with Gasteiger partial charge in [0.2, 0.25) is 0 Å². The number of hydrogen-bond acceptors (Lipinski definition) is 5. The molecule has 0 radical (unpaired) electrons. The van der Waals surface area contributed by atoms with Crippen LogP contribution in [0.1, 0.15) is 31.2 Å². The summed E-state index contributed by atoms with van der Waals surface area (Å²) in [5.41, 5.74) is 0.427. The lowest BCUT2D eigenvalue weighted by Crippen LogP contribution is -2.35. The quantitative estimate of drug-likeness (QED) is 0.650. The molecule has 1 aromatic carbocycles. The molecule has 1 fully saturated rings. The first-order chi connectivity index (χ1) is 9.65. The minimum absolute atomic E-state index is 0.101. The minimum atomic E-state index is -0.486. The van der Waals surface area contributed by atoms with E-state index in [0.29, 0.717) is 11.7 Å². The van der Waals surface area contributed by atoms with Gasteiger partial charge in [-0.05, 0) is 44.9 Å². The highest BCUT2D eigenvalue weighted by Crippen LogP contribution is 2.31. The van der Waals surface area contributed by atoms with E-state index in [2.05, 4.69) is 10.6 Å². The van der Waals surface area contributed by atoms with E-state index in [9.17, 15) is 10.1 Å². The zero-order chi connectivity index (χ0) is 14.5. The smallest absolute Gasteiger partial charge is 0.309 e. The van der Waals surface area contributed by atoms with Crippen molar-refractivity contribution in [3.8, 4) is 6.07 Å². The number of rotatable bonds is 4. The Bertz CT molecular complexity index is 530. The molecule has 2 N–H and O–H groups in total. The third-order valence-corrected chi connectivity index (χ3v) is 3.83. The molecule has 0 saturated heterocycles. The standard InChI is InChI=1S/C14H18N4O2/c1-16-11-5-7-12(8-6-11)17-13-4-2-3-10(9-15)14(13)18(19)20/h2-4,11-12,16-17H,5-8H2,1H3. The fourth-order valence-electron chi connectivity index (χ4n) is 2.69. The lowest BCUT2D eigenvalue weighted by Gasteiger charge is -2.29. The van der Waals surface area contributed by atoms with Gasteiger partial charge in [0.15, 0.2) is 0 Å². The van der Waals surface area contributed by atoms with Gasteiger partial charge in [-0.25, -0.2) is 0 Å². The fourth-order valence-corrected chi connectivity index (χ4v) is 2.69. The van der Waals surface area contributed by atoms with Crippen LogP contribution < -0.4 is 10.6 Å². The molecule has 6 nitrogen and oxygen atoms in total. The third kappa shape index (κ3) is 3.06. The molecule has 0 spiro atoms. The van der Waals surface area contributed by atoms with Crippen LogP contribution in [0, 0.1) is 21.4 Å². The van der Waals surface area contributed by atoms with Gasteiger partial charge in [-0.15, -0.1) is 0 Å². The molecule has 2 rings (SSSR count). The number of benzene rings is 1. The summed E-state index contributed by atoms with van der Waals surface area (Å²) in [5.74, 6) is 0. The van der Waals surface area contributed by atoms with Crippen molar-refractivity contribution in [3.63, 3.8) is 0 Å². The minimum Gasteiger partial charge on any atom is -0.377 e. The molecule has 106 valence electrons. The first kappa shape index (κ1) is 14.3. The average molecular weight is 274 g/mol. The van der Waals surface area contributed by atoms with E-state index < -0.39 is 4.92 Å². The Hall–Kier alpha value is -2.13. The average Bonchev–Trinajstić information content (AvgIpc) is 2.47. The summed E-state index contributed by atoms with van der Waals surface area (Å²) in [5, 5.41) is 26.6. The number of nitro groups is 1. The van der Waals surface area contributed by atoms with Crippen molar-refractivity contribution in [2.45, 2.75) is 37.8 Å². The topological polar surface area (TPSA) is 91.0 Å². The second-order valence-electron chi connectivity index (χ2n) is 5.05. The Labute approximate surface area is 117 Å². The first-order valence-electron chi connectivity index (χ1n) is 6.77. The van der Waals surface area contributed by atoms with E-state index in [1.807, 2.05) is 13.1 Å². The molecule has 20 heavy (non-hydrogen) atoms. The molecular weight excluding hydrogens is 256 g/mol. The number of nitriles is 1. The monoisotopic (exact) mass is 274 g/mol. The normalized spacial score (nSPS) is 22.0. The van der Waals surface area contributed by atoms with E-state index in [-0.39, 0.29) is 17.3 Å². The maximum atomic E-state index is 11.1. The summed E-state index contributed by atoms with van der Waals surface area (Å²) < 4.78 is 0. The summed E-state index contributed by atoms with van der Waals surface area (Å²) >= 11 is 0. The summed E-state index contributed by atoms with van der Waals surface area (Å²) in [6.07, 6.45) is 4.05. The van der Waals surface area contributed by atoms with Gasteiger partial charge in [0, 0.05) is 12.1 Å². The van der Waals surface area contributed by atoms with Gasteiger partial charge in [0.05, 0.1) is 4.92 Å². The van der Waals surface area contributed by atoms with Crippen molar-refractivity contribution in [1.29, 1.82) is 5.26 Å². The van der Waals surface area contributed by atoms with Gasteiger partial charge >= 0.3 is 5.69 Å². The van der Waals surface area contributed by atoms with Crippen LogP contribution in [0.3, 0.4) is 0 Å². The number of anilines is 1. The molecule has 1 aliphatic carbocycles. The van der Waals surface area contributed by atoms with Crippen LogP contribution in [-0.4, -0.2) is 24.1 Å². The molecule has 0 heterocycles. The van der Waals surface area contributed by atoms with Crippen LogP contribution in [0.4, 0.5) is 11.4 Å². The van der Waals surface area contributed by atoms with Gasteiger partial charge in [-0.2, -0.15) is 5.26 Å². The number of nitrogens with one attached hydrogen (secondary N) is 2. The molecule has 6 heteroatoms. The Kier molecular flexibility index (Phi) is 4.53. The lowest BCUT2D eigenvalue weighted by molar-refractivity contribution is -0.384. The van der Waals surface area contributed by atoms with Crippen molar-refractivity contribution in [3.05, 3.63) is 33.9 Å². The van der Waals surface area contributed by atoms with Crippen molar-refractivity contribution in [2.75, 3.05) is 12.4 Å². The first-order valence-corrected chi connectivity index (χ1v) is 6.77. The molecule has 1 saturated carbocycles. The number of nitro benzene ring substituents is 1. The molecular formula is C14H18N4O2. The second-order valence-corrected chi connectivity index (χ2v) is 5.05. The Morgan fingerprint density at radius 1 is 1.30 bits per heavy atom. The molecule has 0 aromatic heterocycles. The van der Waals surface area contributed by atoms with Gasteiger partial charge in [0.25, 0.3) is 0 Å². The number of hydrogen-bond donors (Lipinski definition) is 2. The zero-order valence-electron chi connectivity index (χ0n) is 11.4. The summed E-state index contributed by atoms with van der Waals surface area (Å²) in [6.45, 7) is 0. The van der Waals surface area contributed by atoms with Crippen LogP contribution in [0.25, 0.3) is 0 Å². The Balaban J connectivity index is 2.14. The number of para-hydroxylation sites is 1. The molecule has 0 aliphatic heterocycles. The van der Waals surface area contributed by atoms with Gasteiger partial charge < -0.3 is 10.6 Å². The molecule has 1 aromatic rings. The SMILES string of the molecule is CNC1CCC(Nc2cccc(C#N)c2[N+](=O)[O-])CC1. The van der Waals surface area contributed by atoms with Crippen LogP contribution >= 0.6 is 0 Å². The molecule has 0 atom stereocenters. The highest BCUT2D eigenvalue weighted by molar-refractivity contribution is 5.68. The molecule has 1 aliphatic rings. The van der Waals surface area contributed by atoms with E-state index in [0.717, 1.165) is 25.7 Å². The highest BCUT2D eigenvalue weighted by atomic mass is 16.6. The van der Waals surface area contributed by atoms with Crippen LogP contribution in [0.5, 0.6) is 0 Å². The largest absolute Gasteiger partial charge is 0.377 e. The maximum Gasteiger partial charge on any atom is 0.309 e. The van der Waals surface area contributed by atoms with Crippen molar-refractivity contribution < 1.29 is 4.92 Å². The summed E-state index contributed by atoms with van der Waals surface area (Å²) in [7, 11) is 1.96. The Morgan fingerprint density at radius 3 is 2.50 bits per heavy atom. The van der Waals surface area contributed by atoms with Crippen LogP contribution in [0.15, 0.2) is 18.2 Å². The van der Waals surface area contributed by atoms with Crippen molar-refractivity contribution >= 4 is 11.4 Å². The third-order valence-electron chi connectivity index (χ3n) is 3.83. The summed E-state index contributed by atoms with van der Waals surface area (Å²) in [6, 6.07) is 7.46. The van der Waals surface area contributed by atoms with E-state index in [1.165, 1.54) is 6.07 Å². The zero-order valence-corrected chi connectivity index (χ0v) is 11.4. The Morgan fingerprint density at radius 2 is 1.95 bits per heavy atom. The van der Waals surface area contributed by atoms with E-state index >= 15 is 0 Å². The predicted molar refractivity (Wildman–Crippen MR) is 76.5 cm³/mol. The summed E-state index contributed by atoms with van der Waals surface area (Å²) in [4.78, 5) is 10.7. The van der Waals surface area contributed by atoms with Gasteiger partial charge in [-0.1, -0.05) is 6.07 Å². The number of nitrogens with zero attached hydrogens (tertiary/aromatic N) is 2. The van der Waals surface area contributed by atoms with Crippen molar-refractivity contribution in [2.24, 2.45) is 0 Å². The van der Waals surface area contributed by atoms with Crippen LogP contribution in [0.2, 0.25) is 0 Å². The molecule has 0 amide bonds. The predicted octanol–water partition coefficient (Wildman–Crippen LogP) is 2.41. The second kappa shape index (κ2) is 6.35. The van der Waals surface area contributed by atoms with Crippen molar-refractivity contribution in [1.82, 2.24) is 5.32 Å². The van der Waals surface area contributed by atoms with Gasteiger partial charge in [-0.3, -0.25) is 10.1 Å². The van der Waals surface area contributed by atoms with Gasteiger partial charge in [0.1, 0.15) is 17.3 Å². The maximum absolute atomic E-state index is 11.1. The fraction of sp³-hybridized carbons (Fsp3) is 0.500. The van der Waals surface area contributed by atoms with E-state index in [4.69, 9.17) is 5.26 Å². The molecule has 0 unspecified atom stereocenters. The van der Waals surface area contributed by atoms with Crippen LogP contribution in [-0.2, 0) is 0 Å². The highest BCUT2D eigenvalue weighted by Gasteiger charge is 2.24. The van der Waals surface area contributed by atoms with E-state index in [1.54, 1.807) is 12.1 Å². The lowest BCUT2D eigenvalue weighted by atomic mass is 9.91.